The van der Waals surface area contributed by atoms with Gasteiger partial charge in [0.25, 0.3) is 0 Å². The molecule has 1 aliphatic heterocycles. The Labute approximate surface area is 136 Å². The van der Waals surface area contributed by atoms with Crippen molar-refractivity contribution < 1.29 is 4.39 Å². The van der Waals surface area contributed by atoms with Crippen molar-refractivity contribution in [2.24, 2.45) is 5.73 Å². The number of anilines is 2. The molecule has 2 aromatic carbocycles. The Kier molecular flexibility index (Phi) is 4.79. The summed E-state index contributed by atoms with van der Waals surface area (Å²) in [6, 6.07) is 12.9. The van der Waals surface area contributed by atoms with Crippen molar-refractivity contribution in [2.45, 2.75) is 13.1 Å². The number of rotatable bonds is 4. The van der Waals surface area contributed by atoms with E-state index in [-0.39, 0.29) is 5.82 Å². The second-order valence-corrected chi connectivity index (χ2v) is 5.98. The highest BCUT2D eigenvalue weighted by Gasteiger charge is 2.17. The van der Waals surface area contributed by atoms with Gasteiger partial charge in [-0.1, -0.05) is 12.1 Å². The lowest BCUT2D eigenvalue weighted by molar-refractivity contribution is 0.250. The summed E-state index contributed by atoms with van der Waals surface area (Å²) in [5, 5.41) is 0. The molecule has 0 unspecified atom stereocenters. The molecule has 0 saturated carbocycles. The van der Waals surface area contributed by atoms with Crippen LogP contribution in [0.5, 0.6) is 0 Å². The average molecular weight is 314 g/mol. The summed E-state index contributed by atoms with van der Waals surface area (Å²) >= 11 is 0. The van der Waals surface area contributed by atoms with Gasteiger partial charge in [0.2, 0.25) is 0 Å². The lowest BCUT2D eigenvalue weighted by atomic mass is 10.1. The van der Waals surface area contributed by atoms with Gasteiger partial charge in [-0.05, 0) is 41.5 Å². The maximum Gasteiger partial charge on any atom is 0.123 e. The summed E-state index contributed by atoms with van der Waals surface area (Å²) in [4.78, 5) is 4.71. The number of hydrogen-bond donors (Lipinski definition) is 2. The lowest BCUT2D eigenvalue weighted by Crippen LogP contribution is -2.45. The van der Waals surface area contributed by atoms with Crippen molar-refractivity contribution in [3.8, 4) is 0 Å². The minimum atomic E-state index is -0.189. The summed E-state index contributed by atoms with van der Waals surface area (Å²) in [7, 11) is 0. The molecule has 1 aliphatic rings. The fraction of sp³-hybridized carbons (Fsp3) is 0.333. The summed E-state index contributed by atoms with van der Waals surface area (Å²) in [6.07, 6.45) is 0. The van der Waals surface area contributed by atoms with E-state index in [2.05, 4.69) is 15.9 Å². The van der Waals surface area contributed by atoms with Crippen LogP contribution in [0.2, 0.25) is 0 Å². The van der Waals surface area contributed by atoms with Gasteiger partial charge in [0.1, 0.15) is 5.82 Å². The molecular weight excluding hydrogens is 291 g/mol. The molecule has 5 heteroatoms. The van der Waals surface area contributed by atoms with E-state index in [1.165, 1.54) is 17.7 Å². The Balaban J connectivity index is 1.56. The number of hydrogen-bond acceptors (Lipinski definition) is 4. The maximum atomic E-state index is 13.0. The van der Waals surface area contributed by atoms with Gasteiger partial charge in [-0.3, -0.25) is 4.90 Å². The van der Waals surface area contributed by atoms with Crippen LogP contribution in [0.15, 0.2) is 42.5 Å². The number of nitrogens with two attached hydrogens (primary N) is 2. The number of benzene rings is 2. The van der Waals surface area contributed by atoms with E-state index >= 15 is 0 Å². The van der Waals surface area contributed by atoms with Crippen LogP contribution in [0.25, 0.3) is 0 Å². The van der Waals surface area contributed by atoms with Gasteiger partial charge in [0.05, 0.1) is 0 Å². The minimum Gasteiger partial charge on any atom is -0.398 e. The Morgan fingerprint density at radius 1 is 0.957 bits per heavy atom. The minimum absolute atomic E-state index is 0.189. The summed E-state index contributed by atoms with van der Waals surface area (Å²) < 4.78 is 13.0. The Morgan fingerprint density at radius 2 is 1.65 bits per heavy atom. The lowest BCUT2D eigenvalue weighted by Gasteiger charge is -2.36. The molecule has 4 nitrogen and oxygen atoms in total. The van der Waals surface area contributed by atoms with E-state index in [0.29, 0.717) is 6.54 Å². The first-order valence-corrected chi connectivity index (χ1v) is 7.96. The summed E-state index contributed by atoms with van der Waals surface area (Å²) in [6.45, 7) is 5.23. The first-order valence-electron chi connectivity index (χ1n) is 7.96. The number of halogens is 1. The Hall–Kier alpha value is -2.11. The first kappa shape index (κ1) is 15.8. The molecule has 0 aromatic heterocycles. The van der Waals surface area contributed by atoms with E-state index in [0.717, 1.165) is 49.7 Å². The molecule has 1 fully saturated rings. The third kappa shape index (κ3) is 3.81. The van der Waals surface area contributed by atoms with Crippen molar-refractivity contribution in [3.63, 3.8) is 0 Å². The van der Waals surface area contributed by atoms with E-state index in [1.54, 1.807) is 0 Å². The molecule has 0 bridgehead atoms. The quantitative estimate of drug-likeness (QED) is 0.849. The summed E-state index contributed by atoms with van der Waals surface area (Å²) in [5.41, 5.74) is 15.7. The molecule has 2 aromatic rings. The van der Waals surface area contributed by atoms with Gasteiger partial charge in [-0.25, -0.2) is 4.39 Å². The predicted molar refractivity (Wildman–Crippen MR) is 92.6 cm³/mol. The fourth-order valence-electron chi connectivity index (χ4n) is 3.00. The van der Waals surface area contributed by atoms with Crippen LogP contribution in [0.4, 0.5) is 15.8 Å². The predicted octanol–water partition coefficient (Wildman–Crippen LogP) is 2.19. The molecule has 1 saturated heterocycles. The van der Waals surface area contributed by atoms with Crippen LogP contribution in [0.1, 0.15) is 11.1 Å². The largest absolute Gasteiger partial charge is 0.398 e. The van der Waals surface area contributed by atoms with Crippen molar-refractivity contribution in [2.75, 3.05) is 36.8 Å². The molecule has 23 heavy (non-hydrogen) atoms. The topological polar surface area (TPSA) is 58.5 Å². The van der Waals surface area contributed by atoms with Crippen LogP contribution in [-0.4, -0.2) is 31.1 Å². The second kappa shape index (κ2) is 6.98. The second-order valence-electron chi connectivity index (χ2n) is 5.98. The zero-order valence-corrected chi connectivity index (χ0v) is 13.2. The standard InChI is InChI=1S/C18H23FN4/c19-16-3-5-17(6-4-16)23-9-7-22(8-10-23)13-14-1-2-15(12-20)18(21)11-14/h1-6,11H,7-10,12-13,20-21H2. The summed E-state index contributed by atoms with van der Waals surface area (Å²) in [5.74, 6) is -0.189. The molecular formula is C18H23FN4. The number of nitrogens with zero attached hydrogens (tertiary/aromatic N) is 2. The van der Waals surface area contributed by atoms with Gasteiger partial charge in [-0.15, -0.1) is 0 Å². The molecule has 1 heterocycles. The van der Waals surface area contributed by atoms with Crippen LogP contribution >= 0.6 is 0 Å². The third-order valence-electron chi connectivity index (χ3n) is 4.40. The Bertz CT molecular complexity index is 649. The van der Waals surface area contributed by atoms with Gasteiger partial charge in [0.15, 0.2) is 0 Å². The van der Waals surface area contributed by atoms with Crippen LogP contribution < -0.4 is 16.4 Å². The zero-order chi connectivity index (χ0) is 16.2. The molecule has 0 amide bonds. The highest BCUT2D eigenvalue weighted by Crippen LogP contribution is 2.19. The monoisotopic (exact) mass is 314 g/mol. The zero-order valence-electron chi connectivity index (χ0n) is 13.2. The van der Waals surface area contributed by atoms with E-state index in [9.17, 15) is 4.39 Å². The first-order chi connectivity index (χ1) is 11.2. The molecule has 0 spiro atoms. The van der Waals surface area contributed by atoms with Gasteiger partial charge in [0, 0.05) is 50.6 Å². The van der Waals surface area contributed by atoms with Crippen molar-refractivity contribution in [1.82, 2.24) is 4.90 Å². The van der Waals surface area contributed by atoms with Crippen molar-refractivity contribution in [1.29, 1.82) is 0 Å². The SMILES string of the molecule is NCc1ccc(CN2CCN(c3ccc(F)cc3)CC2)cc1N. The Morgan fingerprint density at radius 3 is 2.26 bits per heavy atom. The molecule has 3 rings (SSSR count). The molecule has 0 aliphatic carbocycles. The van der Waals surface area contributed by atoms with Crippen molar-refractivity contribution in [3.05, 3.63) is 59.4 Å². The van der Waals surface area contributed by atoms with Gasteiger partial charge >= 0.3 is 0 Å². The van der Waals surface area contributed by atoms with Gasteiger partial charge in [-0.2, -0.15) is 0 Å². The van der Waals surface area contributed by atoms with E-state index < -0.39 is 0 Å². The normalized spacial score (nSPS) is 15.8. The maximum absolute atomic E-state index is 13.0. The van der Waals surface area contributed by atoms with E-state index in [1.807, 2.05) is 24.3 Å². The highest BCUT2D eigenvalue weighted by molar-refractivity contribution is 5.49. The fourth-order valence-corrected chi connectivity index (χ4v) is 3.00. The smallest absolute Gasteiger partial charge is 0.123 e. The average Bonchev–Trinajstić information content (AvgIpc) is 2.57. The highest BCUT2D eigenvalue weighted by atomic mass is 19.1. The number of piperazine rings is 1. The van der Waals surface area contributed by atoms with Crippen molar-refractivity contribution >= 4 is 11.4 Å². The van der Waals surface area contributed by atoms with Crippen LogP contribution in [0, 0.1) is 5.82 Å². The molecule has 0 radical (unpaired) electrons. The van der Waals surface area contributed by atoms with Crippen LogP contribution in [-0.2, 0) is 13.1 Å². The molecule has 0 atom stereocenters. The van der Waals surface area contributed by atoms with Gasteiger partial charge < -0.3 is 16.4 Å². The molecule has 4 N–H and O–H groups in total. The third-order valence-corrected chi connectivity index (χ3v) is 4.40. The van der Waals surface area contributed by atoms with Crippen LogP contribution in [0.3, 0.4) is 0 Å². The molecule has 122 valence electrons. The number of nitrogen functional groups attached to an aromatic ring is 1. The van der Waals surface area contributed by atoms with E-state index in [4.69, 9.17) is 11.5 Å².